The molecule has 10 heteroatoms. The summed E-state index contributed by atoms with van der Waals surface area (Å²) in [5.41, 5.74) is 1.79. The summed E-state index contributed by atoms with van der Waals surface area (Å²) in [4.78, 5) is 31.4. The number of benzene rings is 2. The topological polar surface area (TPSA) is 79.1 Å². The highest BCUT2D eigenvalue weighted by Crippen LogP contribution is 2.36. The fraction of sp³-hybridized carbons (Fsp3) is 0.208. The molecule has 1 aliphatic rings. The number of esters is 1. The zero-order chi connectivity index (χ0) is 24.6. The molecule has 1 aromatic heterocycles. The maximum Gasteiger partial charge on any atom is 0.338 e. The standard InChI is InChI=1S/C24H20Cl2N2O5S/c1-12-20(23(30)33-4)21(14-6-8-17(31-2)18(11-14)32-3)28-22(29)19(34-24(28)27-12)10-13-5-7-15(25)16(26)9-13/h5-11,21H,1-4H3. The van der Waals surface area contributed by atoms with Crippen LogP contribution in [-0.2, 0) is 9.53 Å². The summed E-state index contributed by atoms with van der Waals surface area (Å²) in [6, 6.07) is 9.59. The Morgan fingerprint density at radius 3 is 2.44 bits per heavy atom. The van der Waals surface area contributed by atoms with Crippen LogP contribution in [-0.4, -0.2) is 31.9 Å². The van der Waals surface area contributed by atoms with Crippen LogP contribution in [0.4, 0.5) is 0 Å². The maximum atomic E-state index is 13.6. The predicted octanol–water partition coefficient (Wildman–Crippen LogP) is 3.73. The second kappa shape index (κ2) is 9.66. The van der Waals surface area contributed by atoms with Crippen molar-refractivity contribution < 1.29 is 19.0 Å². The Morgan fingerprint density at radius 1 is 1.06 bits per heavy atom. The molecular formula is C24H20Cl2N2O5S. The molecule has 0 radical (unpaired) electrons. The van der Waals surface area contributed by atoms with E-state index in [4.69, 9.17) is 37.4 Å². The number of hydrogen-bond donors (Lipinski definition) is 0. The summed E-state index contributed by atoms with van der Waals surface area (Å²) in [6.45, 7) is 1.72. The molecule has 0 spiro atoms. The molecule has 0 aliphatic carbocycles. The van der Waals surface area contributed by atoms with Crippen molar-refractivity contribution in [3.63, 3.8) is 0 Å². The smallest absolute Gasteiger partial charge is 0.338 e. The van der Waals surface area contributed by atoms with Gasteiger partial charge in [-0.25, -0.2) is 9.79 Å². The summed E-state index contributed by atoms with van der Waals surface area (Å²) >= 11 is 13.4. The lowest BCUT2D eigenvalue weighted by molar-refractivity contribution is -0.136. The van der Waals surface area contributed by atoms with Gasteiger partial charge in [-0.1, -0.05) is 46.7 Å². The SMILES string of the molecule is COC(=O)C1=C(C)N=c2sc(=Cc3ccc(Cl)c(Cl)c3)c(=O)n2C1c1ccc(OC)c(OC)c1. The Hall–Kier alpha value is -3.07. The molecule has 34 heavy (non-hydrogen) atoms. The fourth-order valence-corrected chi connectivity index (χ4v) is 5.14. The number of methoxy groups -OCH3 is 3. The number of carbonyl (C=O) groups excluding carboxylic acids is 1. The highest BCUT2D eigenvalue weighted by atomic mass is 35.5. The zero-order valence-corrected chi connectivity index (χ0v) is 21.0. The van der Waals surface area contributed by atoms with E-state index in [9.17, 15) is 9.59 Å². The third-order valence-electron chi connectivity index (χ3n) is 5.39. The van der Waals surface area contributed by atoms with E-state index >= 15 is 0 Å². The molecule has 1 aliphatic heterocycles. The molecule has 0 N–H and O–H groups in total. The van der Waals surface area contributed by atoms with E-state index in [1.165, 1.54) is 37.2 Å². The molecule has 7 nitrogen and oxygen atoms in total. The number of halogens is 2. The Labute approximate surface area is 209 Å². The lowest BCUT2D eigenvalue weighted by atomic mass is 9.95. The normalized spacial score (nSPS) is 15.6. The fourth-order valence-electron chi connectivity index (χ4n) is 3.78. The van der Waals surface area contributed by atoms with Crippen molar-refractivity contribution in [3.8, 4) is 11.5 Å². The van der Waals surface area contributed by atoms with E-state index in [1.807, 2.05) is 0 Å². The second-order valence-electron chi connectivity index (χ2n) is 7.36. The number of fused-ring (bicyclic) bond motifs is 1. The molecule has 4 rings (SSSR count). The molecule has 176 valence electrons. The lowest BCUT2D eigenvalue weighted by Gasteiger charge is -2.25. The summed E-state index contributed by atoms with van der Waals surface area (Å²) in [7, 11) is 4.35. The second-order valence-corrected chi connectivity index (χ2v) is 9.18. The molecule has 2 aromatic carbocycles. The average Bonchev–Trinajstić information content (AvgIpc) is 3.13. The van der Waals surface area contributed by atoms with Gasteiger partial charge in [-0.05, 0) is 48.4 Å². The third-order valence-corrected chi connectivity index (χ3v) is 7.11. The molecule has 0 saturated carbocycles. The first-order valence-corrected chi connectivity index (χ1v) is 11.6. The van der Waals surface area contributed by atoms with Crippen molar-refractivity contribution >= 4 is 46.6 Å². The predicted molar refractivity (Wildman–Crippen MR) is 132 cm³/mol. The number of hydrogen-bond acceptors (Lipinski definition) is 7. The minimum Gasteiger partial charge on any atom is -0.493 e. The summed E-state index contributed by atoms with van der Waals surface area (Å²) in [5.74, 6) is 0.426. The van der Waals surface area contributed by atoms with Crippen molar-refractivity contribution in [2.75, 3.05) is 21.3 Å². The van der Waals surface area contributed by atoms with E-state index < -0.39 is 12.0 Å². The first-order valence-electron chi connectivity index (χ1n) is 10.1. The molecule has 2 heterocycles. The van der Waals surface area contributed by atoms with Gasteiger partial charge in [0.25, 0.3) is 5.56 Å². The van der Waals surface area contributed by atoms with Gasteiger partial charge < -0.3 is 14.2 Å². The Kier molecular flexibility index (Phi) is 6.84. The molecule has 1 unspecified atom stereocenters. The lowest BCUT2D eigenvalue weighted by Crippen LogP contribution is -2.39. The van der Waals surface area contributed by atoms with Crippen molar-refractivity contribution in [2.24, 2.45) is 4.99 Å². The van der Waals surface area contributed by atoms with Crippen LogP contribution in [0.15, 0.2) is 57.5 Å². The zero-order valence-electron chi connectivity index (χ0n) is 18.7. The van der Waals surface area contributed by atoms with Crippen molar-refractivity contribution in [1.82, 2.24) is 4.57 Å². The minimum absolute atomic E-state index is 0.267. The molecular weight excluding hydrogens is 499 g/mol. The first-order chi connectivity index (χ1) is 16.3. The molecule has 0 amide bonds. The van der Waals surface area contributed by atoms with Gasteiger partial charge in [-0.2, -0.15) is 0 Å². The van der Waals surface area contributed by atoms with Crippen LogP contribution < -0.4 is 24.4 Å². The van der Waals surface area contributed by atoms with E-state index in [-0.39, 0.29) is 11.1 Å². The minimum atomic E-state index is -0.764. The van der Waals surface area contributed by atoms with Crippen LogP contribution >= 0.6 is 34.5 Å². The van der Waals surface area contributed by atoms with Gasteiger partial charge in [0.2, 0.25) is 0 Å². The molecule has 3 aromatic rings. The molecule has 0 fully saturated rings. The van der Waals surface area contributed by atoms with Crippen LogP contribution in [0, 0.1) is 0 Å². The van der Waals surface area contributed by atoms with Crippen LogP contribution in [0.2, 0.25) is 10.0 Å². The molecule has 1 atom stereocenters. The van der Waals surface area contributed by atoms with Crippen LogP contribution in [0.1, 0.15) is 24.1 Å². The highest BCUT2D eigenvalue weighted by Gasteiger charge is 2.33. The van der Waals surface area contributed by atoms with E-state index in [0.29, 0.717) is 47.7 Å². The van der Waals surface area contributed by atoms with E-state index in [0.717, 1.165) is 0 Å². The molecule has 0 bridgehead atoms. The molecule has 0 saturated heterocycles. The number of allylic oxidation sites excluding steroid dienone is 1. The number of aromatic nitrogens is 1. The Morgan fingerprint density at radius 2 is 1.79 bits per heavy atom. The van der Waals surface area contributed by atoms with Gasteiger partial charge in [0.1, 0.15) is 0 Å². The van der Waals surface area contributed by atoms with Crippen LogP contribution in [0.25, 0.3) is 6.08 Å². The highest BCUT2D eigenvalue weighted by molar-refractivity contribution is 7.07. The third kappa shape index (κ3) is 4.24. The van der Waals surface area contributed by atoms with Crippen molar-refractivity contribution in [3.05, 3.63) is 88.5 Å². The van der Waals surface area contributed by atoms with Gasteiger partial charge in [0.05, 0.1) is 53.2 Å². The van der Waals surface area contributed by atoms with Crippen LogP contribution in [0.5, 0.6) is 11.5 Å². The number of nitrogens with zero attached hydrogens (tertiary/aromatic N) is 2. The average molecular weight is 519 g/mol. The van der Waals surface area contributed by atoms with Gasteiger partial charge in [-0.3, -0.25) is 9.36 Å². The van der Waals surface area contributed by atoms with Gasteiger partial charge in [-0.15, -0.1) is 0 Å². The van der Waals surface area contributed by atoms with Crippen LogP contribution in [0.3, 0.4) is 0 Å². The number of ether oxygens (including phenoxy) is 3. The number of carbonyl (C=O) groups is 1. The van der Waals surface area contributed by atoms with Crippen molar-refractivity contribution in [1.29, 1.82) is 0 Å². The van der Waals surface area contributed by atoms with Crippen molar-refractivity contribution in [2.45, 2.75) is 13.0 Å². The van der Waals surface area contributed by atoms with Gasteiger partial charge in [0.15, 0.2) is 16.3 Å². The maximum absolute atomic E-state index is 13.6. The van der Waals surface area contributed by atoms with Gasteiger partial charge in [0, 0.05) is 0 Å². The Balaban J connectivity index is 1.98. The summed E-state index contributed by atoms with van der Waals surface area (Å²) < 4.78 is 17.7. The van der Waals surface area contributed by atoms with E-state index in [2.05, 4.69) is 4.99 Å². The summed E-state index contributed by atoms with van der Waals surface area (Å²) in [6.07, 6.45) is 1.72. The van der Waals surface area contributed by atoms with Gasteiger partial charge >= 0.3 is 5.97 Å². The first kappa shape index (κ1) is 24.1. The number of rotatable bonds is 5. The Bertz CT molecular complexity index is 1510. The van der Waals surface area contributed by atoms with E-state index in [1.54, 1.807) is 49.4 Å². The largest absolute Gasteiger partial charge is 0.493 e. The quantitative estimate of drug-likeness (QED) is 0.480. The summed E-state index contributed by atoms with van der Waals surface area (Å²) in [5, 5.41) is 0.808. The monoisotopic (exact) mass is 518 g/mol. The number of thiazole rings is 1.